The number of likely N-dealkylation sites (tertiary alicyclic amines) is 1. The molecule has 0 aromatic rings. The topological polar surface area (TPSA) is 15.3 Å². The molecule has 0 aromatic carbocycles. The van der Waals surface area contributed by atoms with E-state index in [-0.39, 0.29) is 0 Å². The van der Waals surface area contributed by atoms with Gasteiger partial charge in [0, 0.05) is 18.6 Å². The molecular weight excluding hydrogens is 172 g/mol. The van der Waals surface area contributed by atoms with Gasteiger partial charge in [-0.2, -0.15) is 0 Å². The highest BCUT2D eigenvalue weighted by Gasteiger charge is 2.37. The Bertz CT molecular complexity index is 186. The summed E-state index contributed by atoms with van der Waals surface area (Å²) in [6, 6.07) is 1.71. The van der Waals surface area contributed by atoms with Gasteiger partial charge in [-0.15, -0.1) is 0 Å². The highest BCUT2D eigenvalue weighted by molar-refractivity contribution is 4.95. The summed E-state index contributed by atoms with van der Waals surface area (Å²) < 4.78 is 0. The second-order valence-electron chi connectivity index (χ2n) is 5.40. The first-order valence-corrected chi connectivity index (χ1v) is 6.40. The summed E-state index contributed by atoms with van der Waals surface area (Å²) in [6.07, 6.45) is 8.73. The van der Waals surface area contributed by atoms with Gasteiger partial charge in [-0.1, -0.05) is 6.42 Å². The van der Waals surface area contributed by atoms with Crippen LogP contribution in [0.15, 0.2) is 0 Å². The molecule has 0 bridgehead atoms. The number of nitrogens with one attached hydrogen (secondary N) is 1. The van der Waals surface area contributed by atoms with E-state index in [0.717, 1.165) is 18.0 Å². The van der Waals surface area contributed by atoms with Crippen LogP contribution in [0.3, 0.4) is 0 Å². The average Bonchev–Trinajstić information content (AvgIpc) is 2.78. The fourth-order valence-corrected chi connectivity index (χ4v) is 3.68. The lowest BCUT2D eigenvalue weighted by molar-refractivity contribution is 0.296. The maximum absolute atomic E-state index is 3.84. The summed E-state index contributed by atoms with van der Waals surface area (Å²) in [5.74, 6) is 1.03. The van der Waals surface area contributed by atoms with E-state index in [9.17, 15) is 0 Å². The van der Waals surface area contributed by atoms with Crippen molar-refractivity contribution < 1.29 is 0 Å². The lowest BCUT2D eigenvalue weighted by Crippen LogP contribution is -2.38. The summed E-state index contributed by atoms with van der Waals surface area (Å²) in [7, 11) is 0. The molecule has 3 aliphatic rings. The van der Waals surface area contributed by atoms with E-state index in [1.807, 2.05) is 0 Å². The normalized spacial score (nSPS) is 43.3. The lowest BCUT2D eigenvalue weighted by atomic mass is 10.0. The van der Waals surface area contributed by atoms with Gasteiger partial charge in [-0.3, -0.25) is 0 Å². The number of fused-ring (bicyclic) bond motifs is 1. The zero-order valence-electron chi connectivity index (χ0n) is 9.04. The van der Waals surface area contributed by atoms with Crippen LogP contribution in [0.5, 0.6) is 0 Å². The Kier molecular flexibility index (Phi) is 2.50. The molecule has 3 atom stereocenters. The molecule has 80 valence electrons. The van der Waals surface area contributed by atoms with Crippen molar-refractivity contribution in [3.63, 3.8) is 0 Å². The van der Waals surface area contributed by atoms with E-state index in [0.29, 0.717) is 0 Å². The predicted octanol–water partition coefficient (Wildman–Crippen LogP) is 1.61. The van der Waals surface area contributed by atoms with Crippen molar-refractivity contribution in [3.05, 3.63) is 0 Å². The Labute approximate surface area is 87.0 Å². The van der Waals surface area contributed by atoms with Gasteiger partial charge in [0.15, 0.2) is 0 Å². The fraction of sp³-hybridized carbons (Fsp3) is 1.00. The van der Waals surface area contributed by atoms with Crippen LogP contribution < -0.4 is 5.32 Å². The molecule has 3 fully saturated rings. The minimum absolute atomic E-state index is 0.823. The van der Waals surface area contributed by atoms with Crippen LogP contribution in [0.25, 0.3) is 0 Å². The first-order chi connectivity index (χ1) is 6.92. The second kappa shape index (κ2) is 3.82. The highest BCUT2D eigenvalue weighted by atomic mass is 15.2. The number of hydrogen-bond donors (Lipinski definition) is 1. The Hall–Kier alpha value is -0.0800. The van der Waals surface area contributed by atoms with Crippen molar-refractivity contribution in [2.45, 2.75) is 50.6 Å². The summed E-state index contributed by atoms with van der Waals surface area (Å²) in [5.41, 5.74) is 0. The van der Waals surface area contributed by atoms with E-state index < -0.39 is 0 Å². The van der Waals surface area contributed by atoms with Gasteiger partial charge >= 0.3 is 0 Å². The molecule has 1 N–H and O–H groups in total. The smallest absolute Gasteiger partial charge is 0.0200 e. The minimum atomic E-state index is 0.823. The van der Waals surface area contributed by atoms with Crippen molar-refractivity contribution in [2.75, 3.05) is 19.6 Å². The molecule has 1 saturated carbocycles. The molecule has 14 heavy (non-hydrogen) atoms. The maximum Gasteiger partial charge on any atom is 0.0200 e. The number of hydrogen-bond acceptors (Lipinski definition) is 2. The van der Waals surface area contributed by atoms with Crippen LogP contribution >= 0.6 is 0 Å². The van der Waals surface area contributed by atoms with Crippen molar-refractivity contribution in [1.82, 2.24) is 10.2 Å². The summed E-state index contributed by atoms with van der Waals surface area (Å²) in [4.78, 5) is 2.65. The number of rotatable bonds is 2. The van der Waals surface area contributed by atoms with E-state index in [1.165, 1.54) is 58.2 Å². The van der Waals surface area contributed by atoms with Gasteiger partial charge in [-0.05, 0) is 51.1 Å². The van der Waals surface area contributed by atoms with Crippen LogP contribution in [0.2, 0.25) is 0 Å². The lowest BCUT2D eigenvalue weighted by Gasteiger charge is -2.20. The van der Waals surface area contributed by atoms with E-state index >= 15 is 0 Å². The van der Waals surface area contributed by atoms with Gasteiger partial charge < -0.3 is 10.2 Å². The molecule has 1 aliphatic carbocycles. The Balaban J connectivity index is 1.50. The zero-order valence-corrected chi connectivity index (χ0v) is 9.04. The average molecular weight is 194 g/mol. The quantitative estimate of drug-likeness (QED) is 0.718. The molecule has 2 heterocycles. The van der Waals surface area contributed by atoms with Crippen LogP contribution in [-0.4, -0.2) is 36.6 Å². The summed E-state index contributed by atoms with van der Waals surface area (Å²) >= 11 is 0. The van der Waals surface area contributed by atoms with Crippen LogP contribution in [-0.2, 0) is 0 Å². The van der Waals surface area contributed by atoms with Crippen LogP contribution in [0.4, 0.5) is 0 Å². The molecule has 0 unspecified atom stereocenters. The molecule has 2 saturated heterocycles. The van der Waals surface area contributed by atoms with Crippen LogP contribution in [0.1, 0.15) is 38.5 Å². The summed E-state index contributed by atoms with van der Waals surface area (Å²) in [5, 5.41) is 3.84. The van der Waals surface area contributed by atoms with E-state index in [2.05, 4.69) is 10.2 Å². The minimum Gasteiger partial charge on any atom is -0.310 e. The predicted molar refractivity (Wildman–Crippen MR) is 58.3 cm³/mol. The fourth-order valence-electron chi connectivity index (χ4n) is 3.68. The van der Waals surface area contributed by atoms with E-state index in [4.69, 9.17) is 0 Å². The highest BCUT2D eigenvalue weighted by Crippen LogP contribution is 2.34. The third-order valence-corrected chi connectivity index (χ3v) is 4.37. The van der Waals surface area contributed by atoms with Gasteiger partial charge in [-0.25, -0.2) is 0 Å². The Morgan fingerprint density at radius 2 is 1.93 bits per heavy atom. The first kappa shape index (κ1) is 9.17. The van der Waals surface area contributed by atoms with Gasteiger partial charge in [0.1, 0.15) is 0 Å². The molecule has 2 nitrogen and oxygen atoms in total. The van der Waals surface area contributed by atoms with Crippen molar-refractivity contribution >= 4 is 0 Å². The largest absolute Gasteiger partial charge is 0.310 e. The monoisotopic (exact) mass is 194 g/mol. The standard InChI is InChI=1S/C12H22N2/c1-2-7-14(6-1)9-11-8-10-4-3-5-12(10)13-11/h10-13H,1-9H2/t10-,11-,12-/m1/s1. The molecular formula is C12H22N2. The Morgan fingerprint density at radius 1 is 1.07 bits per heavy atom. The van der Waals surface area contributed by atoms with Crippen molar-refractivity contribution in [1.29, 1.82) is 0 Å². The summed E-state index contributed by atoms with van der Waals surface area (Å²) in [6.45, 7) is 4.04. The molecule has 2 heteroatoms. The zero-order chi connectivity index (χ0) is 9.38. The maximum atomic E-state index is 3.84. The first-order valence-electron chi connectivity index (χ1n) is 6.40. The molecule has 0 amide bonds. The third kappa shape index (κ3) is 1.70. The second-order valence-corrected chi connectivity index (χ2v) is 5.40. The number of nitrogens with zero attached hydrogens (tertiary/aromatic N) is 1. The van der Waals surface area contributed by atoms with E-state index in [1.54, 1.807) is 0 Å². The van der Waals surface area contributed by atoms with Crippen molar-refractivity contribution in [2.24, 2.45) is 5.92 Å². The molecule has 0 radical (unpaired) electrons. The van der Waals surface area contributed by atoms with Gasteiger partial charge in [0.05, 0.1) is 0 Å². The van der Waals surface area contributed by atoms with Gasteiger partial charge in [0.25, 0.3) is 0 Å². The molecule has 0 spiro atoms. The van der Waals surface area contributed by atoms with Crippen LogP contribution in [0, 0.1) is 5.92 Å². The SMILES string of the molecule is C1C[C@@H]2C[C@H](CN3CCCC3)N[C@@H]2C1. The molecule has 0 aromatic heterocycles. The Morgan fingerprint density at radius 3 is 2.71 bits per heavy atom. The third-order valence-electron chi connectivity index (χ3n) is 4.37. The molecule has 2 aliphatic heterocycles. The van der Waals surface area contributed by atoms with Crippen molar-refractivity contribution in [3.8, 4) is 0 Å². The molecule has 3 rings (SSSR count). The van der Waals surface area contributed by atoms with Gasteiger partial charge in [0.2, 0.25) is 0 Å².